The quantitative estimate of drug-likeness (QED) is 0.718. The molecule has 1 N–H and O–H groups in total. The van der Waals surface area contributed by atoms with Crippen LogP contribution in [0.3, 0.4) is 0 Å². The van der Waals surface area contributed by atoms with E-state index in [2.05, 4.69) is 85.0 Å². The zero-order chi connectivity index (χ0) is 13.8. The van der Waals surface area contributed by atoms with Gasteiger partial charge in [-0.2, -0.15) is 0 Å². The van der Waals surface area contributed by atoms with Crippen molar-refractivity contribution in [3.8, 4) is 0 Å². The van der Waals surface area contributed by atoms with Gasteiger partial charge in [-0.1, -0.05) is 72.8 Å². The minimum absolute atomic E-state index is 0.357. The zero-order valence-electron chi connectivity index (χ0n) is 11.7. The van der Waals surface area contributed by atoms with Gasteiger partial charge in [-0.05, 0) is 28.8 Å². The fourth-order valence-corrected chi connectivity index (χ4v) is 2.57. The maximum absolute atomic E-state index is 3.61. The third-order valence-electron chi connectivity index (χ3n) is 3.78. The molecule has 20 heavy (non-hydrogen) atoms. The smallest absolute Gasteiger partial charge is 0.0294 e. The Kier molecular flexibility index (Phi) is 3.80. The SMILES string of the molecule is CC(NCc1cccc2ccccc12)c1ccccc1. The van der Waals surface area contributed by atoms with Crippen LogP contribution in [0.4, 0.5) is 0 Å². The summed E-state index contributed by atoms with van der Waals surface area (Å²) in [4.78, 5) is 0. The van der Waals surface area contributed by atoms with Crippen molar-refractivity contribution in [1.29, 1.82) is 0 Å². The number of nitrogens with one attached hydrogen (secondary N) is 1. The maximum atomic E-state index is 3.61. The number of fused-ring (bicyclic) bond motifs is 1. The summed E-state index contributed by atoms with van der Waals surface area (Å²) in [6, 6.07) is 26.0. The molecule has 0 saturated heterocycles. The van der Waals surface area contributed by atoms with E-state index in [0.29, 0.717) is 6.04 Å². The predicted octanol–water partition coefficient (Wildman–Crippen LogP) is 4.69. The molecule has 1 heteroatoms. The highest BCUT2D eigenvalue weighted by molar-refractivity contribution is 5.85. The van der Waals surface area contributed by atoms with Crippen LogP contribution in [0.25, 0.3) is 10.8 Å². The predicted molar refractivity (Wildman–Crippen MR) is 85.6 cm³/mol. The minimum atomic E-state index is 0.357. The molecule has 0 saturated carbocycles. The Balaban J connectivity index is 1.77. The van der Waals surface area contributed by atoms with Crippen molar-refractivity contribution >= 4 is 10.8 Å². The molecular weight excluding hydrogens is 242 g/mol. The summed E-state index contributed by atoms with van der Waals surface area (Å²) < 4.78 is 0. The number of hydrogen-bond acceptors (Lipinski definition) is 1. The lowest BCUT2D eigenvalue weighted by Crippen LogP contribution is -2.18. The molecule has 0 spiro atoms. The molecule has 3 aromatic rings. The molecule has 0 aliphatic heterocycles. The van der Waals surface area contributed by atoms with Gasteiger partial charge in [0.1, 0.15) is 0 Å². The molecule has 0 aromatic heterocycles. The minimum Gasteiger partial charge on any atom is -0.306 e. The Morgan fingerprint density at radius 2 is 1.50 bits per heavy atom. The van der Waals surface area contributed by atoms with Crippen LogP contribution >= 0.6 is 0 Å². The summed E-state index contributed by atoms with van der Waals surface area (Å²) in [5, 5.41) is 6.25. The topological polar surface area (TPSA) is 12.0 Å². The van der Waals surface area contributed by atoms with Crippen LogP contribution < -0.4 is 5.32 Å². The molecule has 0 amide bonds. The van der Waals surface area contributed by atoms with Crippen LogP contribution in [-0.4, -0.2) is 0 Å². The highest BCUT2D eigenvalue weighted by Gasteiger charge is 2.05. The molecule has 0 bridgehead atoms. The van der Waals surface area contributed by atoms with Gasteiger partial charge in [-0.15, -0.1) is 0 Å². The number of benzene rings is 3. The van der Waals surface area contributed by atoms with Gasteiger partial charge in [-0.25, -0.2) is 0 Å². The Morgan fingerprint density at radius 3 is 2.35 bits per heavy atom. The molecule has 100 valence electrons. The summed E-state index contributed by atoms with van der Waals surface area (Å²) >= 11 is 0. The normalized spacial score (nSPS) is 12.4. The largest absolute Gasteiger partial charge is 0.306 e. The molecule has 0 radical (unpaired) electrons. The van der Waals surface area contributed by atoms with Crippen molar-refractivity contribution in [2.45, 2.75) is 19.5 Å². The van der Waals surface area contributed by atoms with E-state index in [1.807, 2.05) is 0 Å². The van der Waals surface area contributed by atoms with Crippen LogP contribution in [0.1, 0.15) is 24.1 Å². The average Bonchev–Trinajstić information content (AvgIpc) is 2.53. The van der Waals surface area contributed by atoms with Gasteiger partial charge in [0.05, 0.1) is 0 Å². The van der Waals surface area contributed by atoms with Gasteiger partial charge >= 0.3 is 0 Å². The number of rotatable bonds is 4. The summed E-state index contributed by atoms with van der Waals surface area (Å²) in [5.74, 6) is 0. The van der Waals surface area contributed by atoms with E-state index in [1.54, 1.807) is 0 Å². The second-order valence-corrected chi connectivity index (χ2v) is 5.15. The van der Waals surface area contributed by atoms with E-state index in [9.17, 15) is 0 Å². The van der Waals surface area contributed by atoms with Crippen molar-refractivity contribution in [2.75, 3.05) is 0 Å². The van der Waals surface area contributed by atoms with Gasteiger partial charge in [0.25, 0.3) is 0 Å². The van der Waals surface area contributed by atoms with E-state index >= 15 is 0 Å². The first-order valence-corrected chi connectivity index (χ1v) is 7.09. The van der Waals surface area contributed by atoms with Crippen LogP contribution in [0.2, 0.25) is 0 Å². The van der Waals surface area contributed by atoms with E-state index in [4.69, 9.17) is 0 Å². The molecule has 1 atom stereocenters. The van der Waals surface area contributed by atoms with Gasteiger partial charge < -0.3 is 5.32 Å². The van der Waals surface area contributed by atoms with Crippen LogP contribution in [-0.2, 0) is 6.54 Å². The standard InChI is InChI=1S/C19H19N/c1-15(16-8-3-2-4-9-16)20-14-18-12-7-11-17-10-5-6-13-19(17)18/h2-13,15,20H,14H2,1H3. The molecule has 1 unspecified atom stereocenters. The molecule has 3 rings (SSSR count). The molecule has 3 aromatic carbocycles. The Labute approximate surface area is 120 Å². The molecule has 1 nitrogen and oxygen atoms in total. The summed E-state index contributed by atoms with van der Waals surface area (Å²) in [6.45, 7) is 3.10. The fourth-order valence-electron chi connectivity index (χ4n) is 2.57. The van der Waals surface area contributed by atoms with Crippen LogP contribution in [0.5, 0.6) is 0 Å². The Hall–Kier alpha value is -2.12. The summed E-state index contributed by atoms with van der Waals surface area (Å²) in [7, 11) is 0. The fraction of sp³-hybridized carbons (Fsp3) is 0.158. The molecule has 0 heterocycles. The third kappa shape index (κ3) is 2.73. The number of hydrogen-bond donors (Lipinski definition) is 1. The molecule has 0 aliphatic carbocycles. The van der Waals surface area contributed by atoms with E-state index in [-0.39, 0.29) is 0 Å². The van der Waals surface area contributed by atoms with E-state index in [0.717, 1.165) is 6.54 Å². The highest BCUT2D eigenvalue weighted by atomic mass is 14.9. The second-order valence-electron chi connectivity index (χ2n) is 5.15. The van der Waals surface area contributed by atoms with Gasteiger partial charge in [0, 0.05) is 12.6 Å². The summed E-state index contributed by atoms with van der Waals surface area (Å²) in [5.41, 5.74) is 2.68. The lowest BCUT2D eigenvalue weighted by atomic mass is 10.0. The van der Waals surface area contributed by atoms with E-state index in [1.165, 1.54) is 21.9 Å². The molecule has 0 fully saturated rings. The monoisotopic (exact) mass is 261 g/mol. The van der Waals surface area contributed by atoms with Crippen LogP contribution in [0.15, 0.2) is 72.8 Å². The van der Waals surface area contributed by atoms with Gasteiger partial charge in [0.2, 0.25) is 0 Å². The van der Waals surface area contributed by atoms with Gasteiger partial charge in [0.15, 0.2) is 0 Å². The van der Waals surface area contributed by atoms with Crippen molar-refractivity contribution in [3.63, 3.8) is 0 Å². The first-order chi connectivity index (χ1) is 9.84. The maximum Gasteiger partial charge on any atom is 0.0294 e. The molecule has 0 aliphatic rings. The lowest BCUT2D eigenvalue weighted by Gasteiger charge is -2.15. The van der Waals surface area contributed by atoms with Crippen molar-refractivity contribution in [1.82, 2.24) is 5.32 Å². The third-order valence-corrected chi connectivity index (χ3v) is 3.78. The summed E-state index contributed by atoms with van der Waals surface area (Å²) in [6.07, 6.45) is 0. The zero-order valence-corrected chi connectivity index (χ0v) is 11.7. The second kappa shape index (κ2) is 5.89. The Morgan fingerprint density at radius 1 is 0.800 bits per heavy atom. The highest BCUT2D eigenvalue weighted by Crippen LogP contribution is 2.19. The molecular formula is C19H19N. The lowest BCUT2D eigenvalue weighted by molar-refractivity contribution is 0.576. The van der Waals surface area contributed by atoms with Crippen molar-refractivity contribution in [3.05, 3.63) is 83.9 Å². The van der Waals surface area contributed by atoms with Gasteiger partial charge in [-0.3, -0.25) is 0 Å². The van der Waals surface area contributed by atoms with Crippen LogP contribution in [0, 0.1) is 0 Å². The Bertz CT molecular complexity index is 683. The van der Waals surface area contributed by atoms with E-state index < -0.39 is 0 Å². The van der Waals surface area contributed by atoms with Crippen molar-refractivity contribution in [2.24, 2.45) is 0 Å². The average molecular weight is 261 g/mol. The first kappa shape index (κ1) is 12.9. The first-order valence-electron chi connectivity index (χ1n) is 7.09. The van der Waals surface area contributed by atoms with Crippen molar-refractivity contribution < 1.29 is 0 Å².